The maximum absolute atomic E-state index is 8.63. The fourth-order valence-corrected chi connectivity index (χ4v) is 2.24. The van der Waals surface area contributed by atoms with E-state index in [0.29, 0.717) is 11.5 Å². The first-order valence-electron chi connectivity index (χ1n) is 6.24. The Bertz CT molecular complexity index is 568. The number of halogens is 2. The van der Waals surface area contributed by atoms with Crippen LogP contribution in [0, 0.1) is 0 Å². The second-order valence-corrected chi connectivity index (χ2v) is 5.26. The maximum atomic E-state index is 8.63. The molecular formula is C17H18Cl2O2STi. The molecule has 0 amide bonds. The molecule has 0 radical (unpaired) electrons. The molecule has 23 heavy (non-hydrogen) atoms. The third-order valence-corrected chi connectivity index (χ3v) is 3.83. The summed E-state index contributed by atoms with van der Waals surface area (Å²) in [6, 6.07) is 21.6. The molecule has 1 heterocycles. The van der Waals surface area contributed by atoms with Crippen molar-refractivity contribution in [2.75, 3.05) is 0 Å². The number of rotatable bonds is 1. The Morgan fingerprint density at radius 3 is 1.30 bits per heavy atom. The van der Waals surface area contributed by atoms with Gasteiger partial charge in [0.2, 0.25) is 0 Å². The van der Waals surface area contributed by atoms with E-state index in [1.165, 1.54) is 4.88 Å². The fraction of sp³-hybridized carbons (Fsp3) is 0. The number of benzene rings is 2. The molecule has 0 aliphatic heterocycles. The van der Waals surface area contributed by atoms with E-state index in [-0.39, 0.29) is 24.8 Å². The summed E-state index contributed by atoms with van der Waals surface area (Å²) in [7, 11) is 0. The summed E-state index contributed by atoms with van der Waals surface area (Å²) >= 11 is 3.81. The SMILES string of the molecule is Cl.Cl.Oc1ccccc1.Oc1ccccc1.[Ti]=[CH]c1cccs1. The van der Waals surface area contributed by atoms with Gasteiger partial charge in [-0.15, -0.1) is 24.8 Å². The molecule has 0 bridgehead atoms. The molecule has 0 fully saturated rings. The Morgan fingerprint density at radius 2 is 1.13 bits per heavy atom. The van der Waals surface area contributed by atoms with Gasteiger partial charge in [-0.1, -0.05) is 36.4 Å². The number of phenols is 2. The Morgan fingerprint density at radius 1 is 0.696 bits per heavy atom. The van der Waals surface area contributed by atoms with Crippen LogP contribution >= 0.6 is 36.2 Å². The number of thiophene rings is 1. The molecule has 3 rings (SSSR count). The van der Waals surface area contributed by atoms with Gasteiger partial charge in [-0.2, -0.15) is 0 Å². The van der Waals surface area contributed by atoms with Gasteiger partial charge in [-0.05, 0) is 24.3 Å². The van der Waals surface area contributed by atoms with Gasteiger partial charge in [0.15, 0.2) is 0 Å². The van der Waals surface area contributed by atoms with Crippen molar-refractivity contribution in [1.29, 1.82) is 0 Å². The summed E-state index contributed by atoms with van der Waals surface area (Å²) in [4.78, 5) is 1.35. The number of aromatic hydroxyl groups is 2. The molecule has 0 saturated carbocycles. The molecule has 122 valence electrons. The van der Waals surface area contributed by atoms with Crippen molar-refractivity contribution in [3.8, 4) is 11.5 Å². The number of phenolic OH excluding ortho intramolecular Hbond substituents is 2. The zero-order chi connectivity index (χ0) is 15.3. The standard InChI is InChI=1S/2C6H6O.C5H4S.2ClH.Ti/c2*7-6-4-2-1-3-5-6;1-5-3-2-4-6-5;;;/h2*1-5,7H;1-4H;2*1H;. The second-order valence-electron chi connectivity index (χ2n) is 3.83. The van der Waals surface area contributed by atoms with Gasteiger partial charge < -0.3 is 10.2 Å². The van der Waals surface area contributed by atoms with Crippen LogP contribution in [0.25, 0.3) is 0 Å². The summed E-state index contributed by atoms with van der Waals surface area (Å²) in [6.45, 7) is 0. The van der Waals surface area contributed by atoms with E-state index >= 15 is 0 Å². The van der Waals surface area contributed by atoms with Gasteiger partial charge in [0.05, 0.1) is 0 Å². The molecule has 1 aromatic heterocycles. The van der Waals surface area contributed by atoms with Crippen molar-refractivity contribution in [1.82, 2.24) is 0 Å². The summed E-state index contributed by atoms with van der Waals surface area (Å²) in [5.74, 6) is 0.644. The predicted octanol–water partition coefficient (Wildman–Crippen LogP) is 5.07. The average molecular weight is 405 g/mol. The van der Waals surface area contributed by atoms with Gasteiger partial charge in [0, 0.05) is 0 Å². The number of hydrogen-bond donors (Lipinski definition) is 2. The summed E-state index contributed by atoms with van der Waals surface area (Å²) < 4.78 is 2.10. The van der Waals surface area contributed by atoms with Crippen LogP contribution < -0.4 is 0 Å². The monoisotopic (exact) mass is 404 g/mol. The quantitative estimate of drug-likeness (QED) is 0.555. The molecule has 0 spiro atoms. The van der Waals surface area contributed by atoms with Gasteiger partial charge in [0.25, 0.3) is 0 Å². The third kappa shape index (κ3) is 13.1. The van der Waals surface area contributed by atoms with E-state index in [0.717, 1.165) is 0 Å². The first-order valence-corrected chi connectivity index (χ1v) is 8.02. The Kier molecular flexibility index (Phi) is 16.6. The molecule has 3 aromatic rings. The molecule has 0 unspecified atom stereocenters. The van der Waals surface area contributed by atoms with Crippen LogP contribution in [0.2, 0.25) is 0 Å². The minimum absolute atomic E-state index is 0. The van der Waals surface area contributed by atoms with Crippen molar-refractivity contribution in [3.63, 3.8) is 0 Å². The van der Waals surface area contributed by atoms with Crippen molar-refractivity contribution in [3.05, 3.63) is 83.1 Å². The van der Waals surface area contributed by atoms with Crippen LogP contribution in [0.4, 0.5) is 0 Å². The Hall–Kier alpha value is -1.10. The Labute approximate surface area is 164 Å². The van der Waals surface area contributed by atoms with Crippen molar-refractivity contribution >= 4 is 40.5 Å². The van der Waals surface area contributed by atoms with Crippen molar-refractivity contribution in [2.24, 2.45) is 0 Å². The van der Waals surface area contributed by atoms with Crippen molar-refractivity contribution in [2.45, 2.75) is 0 Å². The van der Waals surface area contributed by atoms with Gasteiger partial charge >= 0.3 is 58.0 Å². The second kappa shape index (κ2) is 15.8. The minimum atomic E-state index is 0. The van der Waals surface area contributed by atoms with E-state index in [4.69, 9.17) is 10.2 Å². The first-order chi connectivity index (χ1) is 10.2. The van der Waals surface area contributed by atoms with E-state index in [9.17, 15) is 0 Å². The molecule has 0 aliphatic carbocycles. The summed E-state index contributed by atoms with van der Waals surface area (Å²) in [6.07, 6.45) is 0. The topological polar surface area (TPSA) is 40.5 Å². The zero-order valence-corrected chi connectivity index (χ0v) is 16.2. The van der Waals surface area contributed by atoms with Gasteiger partial charge in [-0.3, -0.25) is 0 Å². The van der Waals surface area contributed by atoms with E-state index < -0.39 is 0 Å². The van der Waals surface area contributed by atoms with Gasteiger partial charge in [0.1, 0.15) is 11.5 Å². The number of para-hydroxylation sites is 2. The first kappa shape index (κ1) is 24.2. The average Bonchev–Trinajstić information content (AvgIpc) is 3.04. The van der Waals surface area contributed by atoms with Crippen molar-refractivity contribution < 1.29 is 30.2 Å². The van der Waals surface area contributed by atoms with Gasteiger partial charge in [-0.25, -0.2) is 0 Å². The molecule has 0 saturated heterocycles. The molecular weight excluding hydrogens is 387 g/mol. The van der Waals surface area contributed by atoms with Crippen LogP contribution in [-0.2, 0) is 20.0 Å². The molecule has 0 atom stereocenters. The molecule has 2 nitrogen and oxygen atoms in total. The van der Waals surface area contributed by atoms with E-state index in [1.807, 2.05) is 32.1 Å². The van der Waals surface area contributed by atoms with Crippen LogP contribution in [0.1, 0.15) is 4.88 Å². The van der Waals surface area contributed by atoms with E-state index in [2.05, 4.69) is 21.8 Å². The normalized spacial score (nSPS) is 7.78. The van der Waals surface area contributed by atoms with Crippen LogP contribution in [0.5, 0.6) is 11.5 Å². The Balaban J connectivity index is 0. The third-order valence-electron chi connectivity index (χ3n) is 2.20. The van der Waals surface area contributed by atoms with Crippen LogP contribution in [0.3, 0.4) is 0 Å². The van der Waals surface area contributed by atoms with Crippen LogP contribution in [0.15, 0.2) is 78.2 Å². The zero-order valence-electron chi connectivity index (χ0n) is 12.2. The van der Waals surface area contributed by atoms with Crippen LogP contribution in [-0.4, -0.2) is 14.5 Å². The predicted molar refractivity (Wildman–Crippen MR) is 100 cm³/mol. The summed E-state index contributed by atoms with van der Waals surface area (Å²) in [5, 5.41) is 19.3. The molecule has 2 aromatic carbocycles. The molecule has 0 aliphatic rings. The summed E-state index contributed by atoms with van der Waals surface area (Å²) in [5.41, 5.74) is 0. The van der Waals surface area contributed by atoms with E-state index in [1.54, 1.807) is 59.9 Å². The fourth-order valence-electron chi connectivity index (χ4n) is 1.23. The molecule has 2 N–H and O–H groups in total. The number of hydrogen-bond acceptors (Lipinski definition) is 3. The molecule has 6 heteroatoms.